The summed E-state index contributed by atoms with van der Waals surface area (Å²) >= 11 is 0. The van der Waals surface area contributed by atoms with Crippen LogP contribution in [0.3, 0.4) is 0 Å². The molecule has 2 aromatic heterocycles. The molecular weight excluding hydrogens is 870 g/mol. The van der Waals surface area contributed by atoms with Crippen molar-refractivity contribution in [3.63, 3.8) is 0 Å². The molecule has 0 bridgehead atoms. The molecule has 0 saturated carbocycles. The second kappa shape index (κ2) is 16.7. The highest BCUT2D eigenvalue weighted by atomic mass is 19.4. The molecule has 0 radical (unpaired) electrons. The monoisotopic (exact) mass is 906 g/mol. The van der Waals surface area contributed by atoms with E-state index in [9.17, 15) is 18.4 Å². The van der Waals surface area contributed by atoms with Crippen molar-refractivity contribution in [2.24, 2.45) is 0 Å². The van der Waals surface area contributed by atoms with Crippen LogP contribution in [-0.4, -0.2) is 9.13 Å². The minimum absolute atomic E-state index is 0.181. The van der Waals surface area contributed by atoms with Crippen LogP contribution in [0.15, 0.2) is 224 Å². The fraction of sp³-hybridized carbons (Fsp3) is 0.0159. The van der Waals surface area contributed by atoms with Gasteiger partial charge in [-0.2, -0.15) is 18.4 Å². The highest BCUT2D eigenvalue weighted by molar-refractivity contribution is 6.14. The Morgan fingerprint density at radius 1 is 0.386 bits per heavy atom. The van der Waals surface area contributed by atoms with E-state index in [1.54, 1.807) is 0 Å². The molecule has 7 heteroatoms. The van der Waals surface area contributed by atoms with Crippen LogP contribution in [0, 0.1) is 17.9 Å². The average molecular weight is 907 g/mol. The van der Waals surface area contributed by atoms with Crippen molar-refractivity contribution in [2.75, 3.05) is 0 Å². The second-order valence-corrected chi connectivity index (χ2v) is 17.4. The predicted octanol–water partition coefficient (Wildman–Crippen LogP) is 17.7. The van der Waals surface area contributed by atoms with Crippen molar-refractivity contribution < 1.29 is 13.2 Å². The predicted molar refractivity (Wildman–Crippen MR) is 278 cm³/mol. The molecule has 70 heavy (non-hydrogen) atoms. The van der Waals surface area contributed by atoms with Gasteiger partial charge in [-0.3, -0.25) is 0 Å². The SMILES string of the molecule is [C-]#[N+]c1cc(-n2c3ccc(-c4ccccc4)cc3c3cc(-c4ccccc4)ccc32)c(-n2c3ccc(-c4ccccc4)cc3c3cc(-c4ccccc4)ccc32)cc1-c1ccc(C(F)(F)F)cc1C#N. The molecule has 4 nitrogen and oxygen atoms in total. The lowest BCUT2D eigenvalue weighted by molar-refractivity contribution is -0.137. The Bertz CT molecular complexity index is 3910. The van der Waals surface area contributed by atoms with Crippen molar-refractivity contribution >= 4 is 49.3 Å². The van der Waals surface area contributed by atoms with Gasteiger partial charge in [0.15, 0.2) is 5.69 Å². The van der Waals surface area contributed by atoms with E-state index in [0.29, 0.717) is 16.9 Å². The highest BCUT2D eigenvalue weighted by Gasteiger charge is 2.32. The number of nitriles is 1. The number of hydrogen-bond donors (Lipinski definition) is 0. The summed E-state index contributed by atoms with van der Waals surface area (Å²) in [6, 6.07) is 75.7. The molecule has 12 rings (SSSR count). The molecule has 12 aromatic rings. The van der Waals surface area contributed by atoms with Crippen molar-refractivity contribution in [1.82, 2.24) is 9.13 Å². The zero-order chi connectivity index (χ0) is 47.5. The largest absolute Gasteiger partial charge is 0.416 e. The third-order valence-corrected chi connectivity index (χ3v) is 13.4. The van der Waals surface area contributed by atoms with Gasteiger partial charge in [-0.1, -0.05) is 152 Å². The molecule has 0 fully saturated rings. The van der Waals surface area contributed by atoms with Crippen LogP contribution in [-0.2, 0) is 6.18 Å². The van der Waals surface area contributed by atoms with E-state index in [-0.39, 0.29) is 16.8 Å². The number of hydrogen-bond acceptors (Lipinski definition) is 1. The molecule has 0 atom stereocenters. The van der Waals surface area contributed by atoms with Crippen LogP contribution >= 0.6 is 0 Å². The number of alkyl halides is 3. The summed E-state index contributed by atoms with van der Waals surface area (Å²) in [6.07, 6.45) is -4.67. The molecule has 0 N–H and O–H groups in total. The van der Waals surface area contributed by atoms with E-state index in [4.69, 9.17) is 6.57 Å². The smallest absolute Gasteiger partial charge is 0.308 e. The van der Waals surface area contributed by atoms with Gasteiger partial charge in [0.1, 0.15) is 0 Å². The number of fused-ring (bicyclic) bond motifs is 6. The lowest BCUT2D eigenvalue weighted by Gasteiger charge is -2.20. The number of halogens is 3. The summed E-state index contributed by atoms with van der Waals surface area (Å²) in [7, 11) is 0. The van der Waals surface area contributed by atoms with Gasteiger partial charge >= 0.3 is 6.18 Å². The molecular formula is C63H37F3N4. The van der Waals surface area contributed by atoms with E-state index in [1.165, 1.54) is 6.07 Å². The minimum Gasteiger partial charge on any atom is -0.308 e. The number of rotatable bonds is 7. The normalized spacial score (nSPS) is 11.6. The van der Waals surface area contributed by atoms with E-state index in [2.05, 4.69) is 135 Å². The quantitative estimate of drug-likeness (QED) is 0.147. The molecule has 0 aliphatic carbocycles. The van der Waals surface area contributed by atoms with Gasteiger partial charge in [0.25, 0.3) is 0 Å². The molecule has 330 valence electrons. The molecule has 0 spiro atoms. The number of aromatic nitrogens is 2. The maximum Gasteiger partial charge on any atom is 0.416 e. The maximum atomic E-state index is 14.1. The van der Waals surface area contributed by atoms with Gasteiger partial charge in [0.05, 0.1) is 57.2 Å². The van der Waals surface area contributed by atoms with Crippen molar-refractivity contribution in [1.29, 1.82) is 5.26 Å². The Labute approximate surface area is 401 Å². The van der Waals surface area contributed by atoms with E-state index in [1.807, 2.05) is 91.0 Å². The van der Waals surface area contributed by atoms with Gasteiger partial charge in [0.2, 0.25) is 0 Å². The van der Waals surface area contributed by atoms with Crippen LogP contribution in [0.25, 0.3) is 115 Å². The third-order valence-electron chi connectivity index (χ3n) is 13.4. The van der Waals surface area contributed by atoms with Crippen LogP contribution in [0.4, 0.5) is 18.9 Å². The first-order chi connectivity index (χ1) is 34.2. The number of benzene rings is 10. The van der Waals surface area contributed by atoms with Gasteiger partial charge in [-0.25, -0.2) is 4.85 Å². The van der Waals surface area contributed by atoms with Crippen LogP contribution in [0.1, 0.15) is 11.1 Å². The molecule has 0 amide bonds. The Balaban J connectivity index is 1.21. The van der Waals surface area contributed by atoms with Crippen molar-refractivity contribution in [3.05, 3.63) is 247 Å². The first kappa shape index (κ1) is 42.0. The van der Waals surface area contributed by atoms with E-state index >= 15 is 0 Å². The molecule has 10 aromatic carbocycles. The summed E-state index contributed by atoms with van der Waals surface area (Å²) in [4.78, 5) is 4.06. The summed E-state index contributed by atoms with van der Waals surface area (Å²) < 4.78 is 46.8. The fourth-order valence-electron chi connectivity index (χ4n) is 10.1. The van der Waals surface area contributed by atoms with Gasteiger partial charge in [-0.15, -0.1) is 0 Å². The van der Waals surface area contributed by atoms with Gasteiger partial charge in [0, 0.05) is 21.5 Å². The van der Waals surface area contributed by atoms with E-state index < -0.39 is 11.7 Å². The zero-order valence-corrected chi connectivity index (χ0v) is 37.3. The Morgan fingerprint density at radius 3 is 1.07 bits per heavy atom. The molecule has 0 aliphatic rings. The van der Waals surface area contributed by atoms with Crippen molar-refractivity contribution in [3.8, 4) is 73.1 Å². The maximum absolute atomic E-state index is 14.1. The van der Waals surface area contributed by atoms with Crippen LogP contribution in [0.2, 0.25) is 0 Å². The Morgan fingerprint density at radius 2 is 0.743 bits per heavy atom. The zero-order valence-electron chi connectivity index (χ0n) is 37.3. The molecule has 0 unspecified atom stereocenters. The summed E-state index contributed by atoms with van der Waals surface area (Å²) in [5, 5.41) is 14.4. The second-order valence-electron chi connectivity index (χ2n) is 17.4. The van der Waals surface area contributed by atoms with Crippen LogP contribution in [0.5, 0.6) is 0 Å². The topological polar surface area (TPSA) is 38.0 Å². The van der Waals surface area contributed by atoms with Gasteiger partial charge in [-0.05, 0) is 128 Å². The summed E-state index contributed by atoms with van der Waals surface area (Å²) in [5.41, 5.74) is 13.0. The molecule has 2 heterocycles. The standard InChI is InChI=1S/C63H37F3N4/c1-68-56-38-62(70-59-30-24-46(42-18-10-4-11-19-42)35-54(59)55-36-47(25-31-60(55)70)43-20-12-5-13-21-43)61(37-51(56)50-27-26-49(63(64,65)66)32-48(50)39-67)69-57-28-22-44(40-14-6-2-7-15-40)33-52(57)53-34-45(23-29-58(53)69)41-16-8-3-9-17-41/h2-38H. The molecule has 0 aliphatic heterocycles. The average Bonchev–Trinajstić information content (AvgIpc) is 3.92. The van der Waals surface area contributed by atoms with Crippen LogP contribution < -0.4 is 0 Å². The minimum atomic E-state index is -4.67. The lowest BCUT2D eigenvalue weighted by Crippen LogP contribution is -2.06. The first-order valence-electron chi connectivity index (χ1n) is 22.8. The number of nitrogens with zero attached hydrogens (tertiary/aromatic N) is 4. The van der Waals surface area contributed by atoms with E-state index in [0.717, 1.165) is 100 Å². The third kappa shape index (κ3) is 7.08. The highest BCUT2D eigenvalue weighted by Crippen LogP contribution is 2.46. The van der Waals surface area contributed by atoms with Crippen molar-refractivity contribution in [2.45, 2.75) is 6.18 Å². The summed E-state index contributed by atoms with van der Waals surface area (Å²) in [5.74, 6) is 0. The molecule has 0 saturated heterocycles. The Kier molecular flexibility index (Phi) is 10.0. The van der Waals surface area contributed by atoms with Gasteiger partial charge < -0.3 is 9.13 Å². The Hall–Kier alpha value is -9.43. The fourth-order valence-corrected chi connectivity index (χ4v) is 10.1. The summed E-state index contributed by atoms with van der Waals surface area (Å²) in [6.45, 7) is 8.66. The first-order valence-corrected chi connectivity index (χ1v) is 22.8. The lowest BCUT2D eigenvalue weighted by atomic mass is 9.95.